The molecule has 2 aromatic rings. The number of nitrogens with one attached hydrogen (secondary N) is 2. The van der Waals surface area contributed by atoms with Crippen molar-refractivity contribution < 1.29 is 24.0 Å². The maximum absolute atomic E-state index is 12.4. The molecule has 0 spiro atoms. The molecule has 176 valence electrons. The van der Waals surface area contributed by atoms with E-state index in [1.165, 1.54) is 0 Å². The summed E-state index contributed by atoms with van der Waals surface area (Å²) in [5.74, 6) is 1.78. The predicted molar refractivity (Wildman–Crippen MR) is 117 cm³/mol. The molecule has 0 radical (unpaired) electrons. The molecule has 1 aliphatic carbocycles. The van der Waals surface area contributed by atoms with E-state index in [-0.39, 0.29) is 36.7 Å². The summed E-state index contributed by atoms with van der Waals surface area (Å²) in [4.78, 5) is 37.2. The fourth-order valence-electron chi connectivity index (χ4n) is 3.90. The van der Waals surface area contributed by atoms with Crippen LogP contribution in [0, 0.1) is 12.8 Å². The summed E-state index contributed by atoms with van der Waals surface area (Å²) < 4.78 is 7.23. The first-order valence-electron chi connectivity index (χ1n) is 11.0. The number of hydrogen-bond acceptors (Lipinski definition) is 6. The van der Waals surface area contributed by atoms with E-state index in [1.54, 1.807) is 6.07 Å². The van der Waals surface area contributed by atoms with Crippen LogP contribution in [-0.4, -0.2) is 50.7 Å². The number of aryl methyl sites for hydroxylation is 3. The van der Waals surface area contributed by atoms with Gasteiger partial charge in [-0.3, -0.25) is 14.4 Å². The second-order valence-corrected chi connectivity index (χ2v) is 7.87. The minimum absolute atomic E-state index is 0.0412. The number of hydrogen-bond donors (Lipinski definition) is 3. The molecule has 10 nitrogen and oxygen atoms in total. The topological polar surface area (TPSA) is 139 Å². The van der Waals surface area contributed by atoms with Gasteiger partial charge in [-0.05, 0) is 39.0 Å². The first-order valence-corrected chi connectivity index (χ1v) is 11.0. The number of carboxylic acid groups (broad SMARTS) is 1. The number of carbonyl (C=O) groups is 3. The number of nitrogens with zero attached hydrogens (tertiary/aromatic N) is 3. The lowest BCUT2D eigenvalue weighted by molar-refractivity contribution is -0.126. The first kappa shape index (κ1) is 25.1. The van der Waals surface area contributed by atoms with E-state index in [0.717, 1.165) is 56.6 Å². The molecule has 1 aliphatic rings. The van der Waals surface area contributed by atoms with Gasteiger partial charge in [0, 0.05) is 49.9 Å². The molecular weight excluding hydrogens is 414 g/mol. The molecule has 0 aliphatic heterocycles. The van der Waals surface area contributed by atoms with Crippen molar-refractivity contribution in [1.29, 1.82) is 0 Å². The van der Waals surface area contributed by atoms with E-state index in [9.17, 15) is 9.59 Å². The van der Waals surface area contributed by atoms with E-state index >= 15 is 0 Å². The third-order valence-corrected chi connectivity index (χ3v) is 5.47. The number of imidazole rings is 1. The van der Waals surface area contributed by atoms with Crippen LogP contribution in [0.5, 0.6) is 0 Å². The van der Waals surface area contributed by atoms with Gasteiger partial charge in [0.2, 0.25) is 11.8 Å². The molecule has 2 heterocycles. The Morgan fingerprint density at radius 1 is 1.31 bits per heavy atom. The summed E-state index contributed by atoms with van der Waals surface area (Å²) in [7, 11) is 0. The largest absolute Gasteiger partial charge is 0.483 e. The van der Waals surface area contributed by atoms with Crippen LogP contribution in [-0.2, 0) is 33.8 Å². The molecule has 1 fully saturated rings. The zero-order valence-electron chi connectivity index (χ0n) is 18.7. The Bertz CT molecular complexity index is 855. The predicted octanol–water partition coefficient (Wildman–Crippen LogP) is 1.87. The highest BCUT2D eigenvalue weighted by atomic mass is 16.5. The van der Waals surface area contributed by atoms with Crippen LogP contribution in [0.3, 0.4) is 0 Å². The van der Waals surface area contributed by atoms with Gasteiger partial charge in [-0.2, -0.15) is 0 Å². The van der Waals surface area contributed by atoms with E-state index in [4.69, 9.17) is 14.4 Å². The third-order valence-electron chi connectivity index (χ3n) is 5.47. The highest BCUT2D eigenvalue weighted by Crippen LogP contribution is 2.24. The van der Waals surface area contributed by atoms with E-state index in [0.29, 0.717) is 12.3 Å². The van der Waals surface area contributed by atoms with Gasteiger partial charge < -0.3 is 24.8 Å². The summed E-state index contributed by atoms with van der Waals surface area (Å²) in [6.45, 7) is 5.21. The summed E-state index contributed by atoms with van der Waals surface area (Å²) in [6.07, 6.45) is 9.08. The average molecular weight is 448 g/mol. The molecule has 0 atom stereocenters. The Labute approximate surface area is 187 Å². The standard InChI is InChI=1S/C21H31N5O3.CH2O2/c1-3-19-22-10-12-26(19)11-4-9-23-21(28)16-5-7-17(8-6-16)24-20(27)14-18-13-15(2)25-29-18;2-1-3/h10,12-13,16-17H,3-9,11,14H2,1-2H3,(H,23,28)(H,24,27);1H,(H,2,3). The van der Waals surface area contributed by atoms with Crippen molar-refractivity contribution in [2.24, 2.45) is 5.92 Å². The van der Waals surface area contributed by atoms with Crippen molar-refractivity contribution in [1.82, 2.24) is 25.3 Å². The fourth-order valence-corrected chi connectivity index (χ4v) is 3.90. The zero-order chi connectivity index (χ0) is 23.3. The zero-order valence-corrected chi connectivity index (χ0v) is 18.7. The SMILES string of the molecule is CCc1nccn1CCCNC(=O)C1CCC(NC(=O)Cc2cc(C)no2)CC1.O=CO. The minimum Gasteiger partial charge on any atom is -0.483 e. The molecule has 2 amide bonds. The van der Waals surface area contributed by atoms with Crippen LogP contribution in [0.1, 0.15) is 56.3 Å². The normalized spacial score (nSPS) is 17.7. The van der Waals surface area contributed by atoms with Crippen molar-refractivity contribution >= 4 is 18.3 Å². The molecule has 0 unspecified atom stereocenters. The van der Waals surface area contributed by atoms with Crippen molar-refractivity contribution in [3.63, 3.8) is 0 Å². The summed E-state index contributed by atoms with van der Waals surface area (Å²) >= 11 is 0. The van der Waals surface area contributed by atoms with Crippen molar-refractivity contribution in [3.05, 3.63) is 35.7 Å². The second kappa shape index (κ2) is 13.3. The Morgan fingerprint density at radius 2 is 2.03 bits per heavy atom. The Morgan fingerprint density at radius 3 is 2.66 bits per heavy atom. The lowest BCUT2D eigenvalue weighted by atomic mass is 9.85. The second-order valence-electron chi connectivity index (χ2n) is 7.87. The van der Waals surface area contributed by atoms with Crippen LogP contribution in [0.25, 0.3) is 0 Å². The number of rotatable bonds is 9. The monoisotopic (exact) mass is 447 g/mol. The molecule has 0 saturated heterocycles. The van der Waals surface area contributed by atoms with Crippen LogP contribution in [0.15, 0.2) is 23.0 Å². The van der Waals surface area contributed by atoms with Crippen molar-refractivity contribution in [2.75, 3.05) is 6.54 Å². The van der Waals surface area contributed by atoms with Gasteiger partial charge in [-0.25, -0.2) is 4.98 Å². The van der Waals surface area contributed by atoms with Gasteiger partial charge in [0.1, 0.15) is 11.6 Å². The summed E-state index contributed by atoms with van der Waals surface area (Å²) in [6, 6.07) is 1.90. The molecule has 32 heavy (non-hydrogen) atoms. The number of aromatic nitrogens is 3. The summed E-state index contributed by atoms with van der Waals surface area (Å²) in [5.41, 5.74) is 0.773. The molecule has 0 bridgehead atoms. The lowest BCUT2D eigenvalue weighted by Gasteiger charge is -2.28. The maximum Gasteiger partial charge on any atom is 0.290 e. The lowest BCUT2D eigenvalue weighted by Crippen LogP contribution is -2.41. The average Bonchev–Trinajstić information content (AvgIpc) is 3.40. The van der Waals surface area contributed by atoms with Crippen LogP contribution >= 0.6 is 0 Å². The Hall–Kier alpha value is -3.17. The Balaban J connectivity index is 0.00000114. The van der Waals surface area contributed by atoms with Gasteiger partial charge in [0.05, 0.1) is 12.1 Å². The van der Waals surface area contributed by atoms with Gasteiger partial charge >= 0.3 is 0 Å². The highest BCUT2D eigenvalue weighted by Gasteiger charge is 2.27. The van der Waals surface area contributed by atoms with Gasteiger partial charge in [0.15, 0.2) is 0 Å². The van der Waals surface area contributed by atoms with Crippen LogP contribution in [0.2, 0.25) is 0 Å². The third kappa shape index (κ3) is 8.16. The summed E-state index contributed by atoms with van der Waals surface area (Å²) in [5, 5.41) is 16.8. The molecular formula is C22H33N5O5. The van der Waals surface area contributed by atoms with E-state index in [1.807, 2.05) is 19.3 Å². The van der Waals surface area contributed by atoms with Gasteiger partial charge in [0.25, 0.3) is 6.47 Å². The maximum atomic E-state index is 12.4. The molecule has 0 aromatic carbocycles. The van der Waals surface area contributed by atoms with Gasteiger partial charge in [-0.15, -0.1) is 0 Å². The minimum atomic E-state index is -0.250. The first-order chi connectivity index (χ1) is 15.5. The smallest absolute Gasteiger partial charge is 0.290 e. The van der Waals surface area contributed by atoms with Crippen LogP contribution in [0.4, 0.5) is 0 Å². The molecule has 10 heteroatoms. The Kier molecular flexibility index (Phi) is 10.4. The van der Waals surface area contributed by atoms with E-state index in [2.05, 4.69) is 32.3 Å². The van der Waals surface area contributed by atoms with Crippen molar-refractivity contribution in [2.45, 2.75) is 71.4 Å². The molecule has 1 saturated carbocycles. The quantitative estimate of drug-likeness (QED) is 0.394. The number of carbonyl (C=O) groups excluding carboxylic acids is 2. The highest BCUT2D eigenvalue weighted by molar-refractivity contribution is 5.79. The fraction of sp³-hybridized carbons (Fsp3) is 0.591. The number of amides is 2. The van der Waals surface area contributed by atoms with Gasteiger partial charge in [-0.1, -0.05) is 12.1 Å². The van der Waals surface area contributed by atoms with E-state index < -0.39 is 0 Å². The van der Waals surface area contributed by atoms with Crippen molar-refractivity contribution in [3.8, 4) is 0 Å². The molecule has 2 aromatic heterocycles. The molecule has 3 N–H and O–H groups in total. The molecule has 3 rings (SSSR count). The van der Waals surface area contributed by atoms with Crippen LogP contribution < -0.4 is 10.6 Å².